The average molecular weight is 328 g/mol. The van der Waals surface area contributed by atoms with Crippen molar-refractivity contribution in [1.29, 1.82) is 0 Å². The van der Waals surface area contributed by atoms with Crippen LogP contribution in [0.3, 0.4) is 0 Å². The van der Waals surface area contributed by atoms with Crippen LogP contribution >= 0.6 is 0 Å². The first-order valence-electron chi connectivity index (χ1n) is 8.36. The van der Waals surface area contributed by atoms with Gasteiger partial charge in [0.25, 0.3) is 11.8 Å². The molecule has 126 valence electrons. The van der Waals surface area contributed by atoms with Crippen molar-refractivity contribution in [2.24, 2.45) is 4.99 Å². The maximum absolute atomic E-state index is 12.9. The molecule has 1 aromatic rings. The Morgan fingerprint density at radius 1 is 1.25 bits per heavy atom. The first-order valence-corrected chi connectivity index (χ1v) is 8.36. The summed E-state index contributed by atoms with van der Waals surface area (Å²) < 4.78 is 5.76. The predicted molar refractivity (Wildman–Crippen MR) is 88.5 cm³/mol. The Labute approximate surface area is 140 Å². The van der Waals surface area contributed by atoms with E-state index in [-0.39, 0.29) is 36.3 Å². The molecule has 1 saturated heterocycles. The van der Waals surface area contributed by atoms with Gasteiger partial charge in [0.05, 0.1) is 24.4 Å². The van der Waals surface area contributed by atoms with Crippen molar-refractivity contribution in [1.82, 2.24) is 10.3 Å². The number of hydrogen-bond donors (Lipinski definition) is 1. The van der Waals surface area contributed by atoms with Crippen LogP contribution in [0.15, 0.2) is 35.3 Å². The number of anilines is 1. The monoisotopic (exact) mass is 328 g/mol. The Bertz CT molecular complexity index is 676. The van der Waals surface area contributed by atoms with Crippen molar-refractivity contribution >= 4 is 23.3 Å². The van der Waals surface area contributed by atoms with Gasteiger partial charge in [0.15, 0.2) is 0 Å². The Hall–Kier alpha value is -2.41. The van der Waals surface area contributed by atoms with E-state index in [1.165, 1.54) is 5.01 Å². The molecule has 1 N–H and O–H groups in total. The zero-order chi connectivity index (χ0) is 16.5. The fourth-order valence-electron chi connectivity index (χ4n) is 3.64. The first-order chi connectivity index (χ1) is 11.7. The fourth-order valence-corrected chi connectivity index (χ4v) is 3.64. The number of carbonyl (C=O) groups is 2. The molecule has 2 heterocycles. The lowest BCUT2D eigenvalue weighted by Gasteiger charge is -2.38. The van der Waals surface area contributed by atoms with E-state index in [1.54, 1.807) is 0 Å². The van der Waals surface area contributed by atoms with Gasteiger partial charge in [-0.05, 0) is 31.4 Å². The Morgan fingerprint density at radius 3 is 2.92 bits per heavy atom. The third-order valence-electron chi connectivity index (χ3n) is 4.80. The van der Waals surface area contributed by atoms with Crippen LogP contribution in [0.4, 0.5) is 5.69 Å². The molecule has 24 heavy (non-hydrogen) atoms. The highest BCUT2D eigenvalue weighted by atomic mass is 16.5. The summed E-state index contributed by atoms with van der Waals surface area (Å²) in [6, 6.07) is 9.34. The summed E-state index contributed by atoms with van der Waals surface area (Å²) in [6.07, 6.45) is 3.18. The van der Waals surface area contributed by atoms with Crippen LogP contribution in [0.5, 0.6) is 0 Å². The van der Waals surface area contributed by atoms with Crippen LogP contribution in [-0.4, -0.2) is 54.4 Å². The van der Waals surface area contributed by atoms with Crippen LogP contribution in [0, 0.1) is 0 Å². The molecule has 0 aromatic heterocycles. The third-order valence-corrected chi connectivity index (χ3v) is 4.80. The smallest absolute Gasteiger partial charge is 0.291 e. The molecule has 0 spiro atoms. The molecule has 2 fully saturated rings. The minimum atomic E-state index is -0.182. The summed E-state index contributed by atoms with van der Waals surface area (Å²) in [5.74, 6) is -0.104. The number of nitrogens with one attached hydrogen (secondary N) is 1. The van der Waals surface area contributed by atoms with Gasteiger partial charge in [-0.2, -0.15) is 0 Å². The number of carbonyl (C=O) groups excluding carboxylic acids is 2. The van der Waals surface area contributed by atoms with E-state index in [1.807, 2.05) is 35.2 Å². The van der Waals surface area contributed by atoms with Crippen LogP contribution in [0.25, 0.3) is 0 Å². The number of fused-ring (bicyclic) bond motifs is 1. The second kappa shape index (κ2) is 6.24. The topological polar surface area (TPSA) is 74.2 Å². The van der Waals surface area contributed by atoms with Crippen molar-refractivity contribution in [3.63, 3.8) is 0 Å². The molecular weight excluding hydrogens is 308 g/mol. The van der Waals surface area contributed by atoms with Gasteiger partial charge in [0.1, 0.15) is 6.54 Å². The number of nitrogens with zero attached hydrogens (tertiary/aromatic N) is 3. The summed E-state index contributed by atoms with van der Waals surface area (Å²) in [6.45, 7) is 1.10. The third kappa shape index (κ3) is 2.65. The van der Waals surface area contributed by atoms with Crippen LogP contribution < -0.4 is 10.4 Å². The van der Waals surface area contributed by atoms with E-state index in [2.05, 4.69) is 10.4 Å². The normalized spacial score (nSPS) is 26.7. The molecule has 2 aliphatic heterocycles. The number of morpholine rings is 1. The van der Waals surface area contributed by atoms with E-state index in [0.717, 1.165) is 19.3 Å². The van der Waals surface area contributed by atoms with E-state index in [4.69, 9.17) is 4.74 Å². The number of rotatable bonds is 2. The van der Waals surface area contributed by atoms with E-state index in [9.17, 15) is 9.59 Å². The van der Waals surface area contributed by atoms with Gasteiger partial charge in [-0.15, -0.1) is 0 Å². The minimum Gasteiger partial charge on any atom is -0.374 e. The Balaban J connectivity index is 1.53. The molecule has 7 heteroatoms. The van der Waals surface area contributed by atoms with Crippen LogP contribution in [0.1, 0.15) is 19.3 Å². The van der Waals surface area contributed by atoms with Crippen LogP contribution in [-0.2, 0) is 14.3 Å². The largest absolute Gasteiger partial charge is 0.374 e. The maximum Gasteiger partial charge on any atom is 0.291 e. The quantitative estimate of drug-likeness (QED) is 0.868. The second-order valence-electron chi connectivity index (χ2n) is 6.25. The molecular formula is C17H20N4O3. The molecule has 3 aliphatic rings. The lowest BCUT2D eigenvalue weighted by molar-refractivity contribution is -0.137. The molecule has 7 nitrogen and oxygen atoms in total. The van der Waals surface area contributed by atoms with Crippen molar-refractivity contribution in [2.75, 3.05) is 24.7 Å². The molecule has 1 aromatic carbocycles. The molecule has 0 unspecified atom stereocenters. The van der Waals surface area contributed by atoms with Gasteiger partial charge in [-0.3, -0.25) is 20.0 Å². The zero-order valence-corrected chi connectivity index (χ0v) is 13.4. The number of para-hydroxylation sites is 1. The lowest BCUT2D eigenvalue weighted by atomic mass is 10.1. The molecule has 0 bridgehead atoms. The summed E-state index contributed by atoms with van der Waals surface area (Å²) in [5.41, 5.74) is 3.60. The summed E-state index contributed by atoms with van der Waals surface area (Å²) in [4.78, 5) is 31.1. The molecule has 2 atom stereocenters. The van der Waals surface area contributed by atoms with E-state index < -0.39 is 0 Å². The SMILES string of the molecule is O=C1CN=C(C(=O)N2CCO[C@H]3CCC[C@@H]32)NN1c1ccccc1. The molecule has 4 rings (SSSR count). The van der Waals surface area contributed by atoms with Crippen molar-refractivity contribution in [3.8, 4) is 0 Å². The number of benzene rings is 1. The average Bonchev–Trinajstić information content (AvgIpc) is 3.11. The summed E-state index contributed by atoms with van der Waals surface area (Å²) in [5, 5.41) is 1.40. The molecule has 1 aliphatic carbocycles. The van der Waals surface area contributed by atoms with Gasteiger partial charge < -0.3 is 9.64 Å². The number of amidine groups is 1. The first kappa shape index (κ1) is 15.1. The molecule has 2 amide bonds. The van der Waals surface area contributed by atoms with Gasteiger partial charge in [0, 0.05) is 6.54 Å². The fraction of sp³-hybridized carbons (Fsp3) is 0.471. The zero-order valence-electron chi connectivity index (χ0n) is 13.4. The van der Waals surface area contributed by atoms with Gasteiger partial charge in [-0.25, -0.2) is 5.01 Å². The number of aliphatic imine (C=N–C) groups is 1. The Kier molecular flexibility index (Phi) is 3.93. The molecule has 1 saturated carbocycles. The second-order valence-corrected chi connectivity index (χ2v) is 6.25. The summed E-state index contributed by atoms with van der Waals surface area (Å²) >= 11 is 0. The maximum atomic E-state index is 12.9. The van der Waals surface area contributed by atoms with Crippen molar-refractivity contribution in [3.05, 3.63) is 30.3 Å². The van der Waals surface area contributed by atoms with Gasteiger partial charge >= 0.3 is 0 Å². The number of hydrazine groups is 1. The van der Waals surface area contributed by atoms with Crippen LogP contribution in [0.2, 0.25) is 0 Å². The van der Waals surface area contributed by atoms with Gasteiger partial charge in [0.2, 0.25) is 5.84 Å². The number of hydrogen-bond acceptors (Lipinski definition) is 5. The minimum absolute atomic E-state index is 0.0264. The molecule has 0 radical (unpaired) electrons. The highest BCUT2D eigenvalue weighted by molar-refractivity contribution is 6.39. The van der Waals surface area contributed by atoms with Crippen molar-refractivity contribution in [2.45, 2.75) is 31.4 Å². The highest BCUT2D eigenvalue weighted by Crippen LogP contribution is 2.29. The number of amides is 2. The Morgan fingerprint density at radius 2 is 2.08 bits per heavy atom. The lowest BCUT2D eigenvalue weighted by Crippen LogP contribution is -2.60. The predicted octanol–water partition coefficient (Wildman–Crippen LogP) is 0.716. The standard InChI is InChI=1S/C17H20N4O3/c22-15-11-18-16(19-21(15)12-5-2-1-3-6-12)17(23)20-9-10-24-14-8-4-7-13(14)20/h1-3,5-6,13-14H,4,7-11H2,(H,18,19)/t13-,14-/m0/s1. The summed E-state index contributed by atoms with van der Waals surface area (Å²) in [7, 11) is 0. The van der Waals surface area contributed by atoms with Gasteiger partial charge in [-0.1, -0.05) is 18.2 Å². The highest BCUT2D eigenvalue weighted by Gasteiger charge is 2.40. The number of ether oxygens (including phenoxy) is 1. The van der Waals surface area contributed by atoms with Crippen molar-refractivity contribution < 1.29 is 14.3 Å². The van der Waals surface area contributed by atoms with E-state index >= 15 is 0 Å². The van der Waals surface area contributed by atoms with E-state index in [0.29, 0.717) is 18.8 Å².